The van der Waals surface area contributed by atoms with Crippen molar-refractivity contribution in [3.8, 4) is 0 Å². The van der Waals surface area contributed by atoms with E-state index in [0.717, 1.165) is 31.8 Å². The molecule has 1 aliphatic rings. The molecule has 1 N–H and O–H groups in total. The average Bonchev–Trinajstić information content (AvgIpc) is 2.36. The number of nitrogens with one attached hydrogen (secondary N) is 1. The average molecular weight is 230 g/mol. The van der Waals surface area contributed by atoms with Crippen LogP contribution in [0, 0.1) is 0 Å². The van der Waals surface area contributed by atoms with E-state index in [1.54, 1.807) is 0 Å². The molecule has 0 aliphatic carbocycles. The van der Waals surface area contributed by atoms with E-state index in [0.29, 0.717) is 17.1 Å². The normalized spacial score (nSPS) is 21.1. The van der Waals surface area contributed by atoms with Gasteiger partial charge >= 0.3 is 0 Å². The molecule has 3 nitrogen and oxygen atoms in total. The first-order valence-corrected chi connectivity index (χ1v) is 6.60. The molecule has 0 bridgehead atoms. The molecule has 4 heteroatoms. The summed E-state index contributed by atoms with van der Waals surface area (Å²) in [6, 6.07) is 0. The van der Waals surface area contributed by atoms with E-state index in [-0.39, 0.29) is 0 Å². The molecule has 0 spiro atoms. The molecule has 1 aliphatic heterocycles. The fourth-order valence-electron chi connectivity index (χ4n) is 1.66. The monoisotopic (exact) mass is 230 g/mol. The van der Waals surface area contributed by atoms with Gasteiger partial charge < -0.3 is 10.2 Å². The molecule has 0 aromatic rings. The van der Waals surface area contributed by atoms with E-state index in [4.69, 9.17) is 0 Å². The molecule has 0 aromatic carbocycles. The smallest absolute Gasteiger partial charge is 0.223 e. The van der Waals surface area contributed by atoms with Gasteiger partial charge in [0, 0.05) is 36.6 Å². The first-order valence-electron chi connectivity index (χ1n) is 5.61. The van der Waals surface area contributed by atoms with E-state index in [1.165, 1.54) is 0 Å². The van der Waals surface area contributed by atoms with E-state index in [2.05, 4.69) is 19.2 Å². The second kappa shape index (κ2) is 5.75. The Kier molecular flexibility index (Phi) is 4.93. The molecule has 15 heavy (non-hydrogen) atoms. The molecule has 1 rings (SSSR count). The van der Waals surface area contributed by atoms with Crippen molar-refractivity contribution < 1.29 is 4.79 Å². The Bertz CT molecular complexity index is 219. The molecular formula is C11H22N2OS. The van der Waals surface area contributed by atoms with Gasteiger partial charge in [0.05, 0.1) is 0 Å². The van der Waals surface area contributed by atoms with Gasteiger partial charge in [-0.3, -0.25) is 4.79 Å². The molecule has 0 atom stereocenters. The van der Waals surface area contributed by atoms with Crippen LogP contribution in [0.1, 0.15) is 26.7 Å². The Morgan fingerprint density at radius 2 is 2.20 bits per heavy atom. The highest BCUT2D eigenvalue weighted by molar-refractivity contribution is 8.00. The Hall–Kier alpha value is -0.220. The van der Waals surface area contributed by atoms with Crippen LogP contribution in [0.2, 0.25) is 0 Å². The highest BCUT2D eigenvalue weighted by Gasteiger charge is 2.25. The summed E-state index contributed by atoms with van der Waals surface area (Å²) >= 11 is 1.98. The minimum atomic E-state index is 0.294. The Morgan fingerprint density at radius 3 is 2.87 bits per heavy atom. The SMILES string of the molecule is CNCCC(=O)N1CCSC(C)(C)CC1. The Balaban J connectivity index is 2.40. The van der Waals surface area contributed by atoms with Crippen LogP contribution < -0.4 is 5.32 Å². The van der Waals surface area contributed by atoms with E-state index < -0.39 is 0 Å². The van der Waals surface area contributed by atoms with Crippen LogP contribution in [0.25, 0.3) is 0 Å². The van der Waals surface area contributed by atoms with Crippen molar-refractivity contribution in [1.82, 2.24) is 10.2 Å². The molecule has 0 radical (unpaired) electrons. The number of hydrogen-bond donors (Lipinski definition) is 1. The Morgan fingerprint density at radius 1 is 1.47 bits per heavy atom. The van der Waals surface area contributed by atoms with Crippen LogP contribution in [0.15, 0.2) is 0 Å². The number of carbonyl (C=O) groups is 1. The van der Waals surface area contributed by atoms with E-state index in [9.17, 15) is 4.79 Å². The van der Waals surface area contributed by atoms with Crippen molar-refractivity contribution in [2.45, 2.75) is 31.4 Å². The molecule has 0 aromatic heterocycles. The molecule has 88 valence electrons. The zero-order valence-electron chi connectivity index (χ0n) is 10.0. The third kappa shape index (κ3) is 4.43. The standard InChI is InChI=1S/C11H22N2OS/c1-11(2)5-7-13(8-9-15-11)10(14)4-6-12-3/h12H,4-9H2,1-3H3. The number of hydrogen-bond acceptors (Lipinski definition) is 3. The van der Waals surface area contributed by atoms with Crippen molar-refractivity contribution in [2.75, 3.05) is 32.4 Å². The second-order valence-electron chi connectivity index (χ2n) is 4.59. The van der Waals surface area contributed by atoms with Gasteiger partial charge in [-0.1, -0.05) is 13.8 Å². The topological polar surface area (TPSA) is 32.3 Å². The largest absolute Gasteiger partial charge is 0.342 e. The van der Waals surface area contributed by atoms with Crippen molar-refractivity contribution in [1.29, 1.82) is 0 Å². The van der Waals surface area contributed by atoms with Crippen LogP contribution in [0.4, 0.5) is 0 Å². The fourth-order valence-corrected chi connectivity index (χ4v) is 2.76. The van der Waals surface area contributed by atoms with Gasteiger partial charge in [0.2, 0.25) is 5.91 Å². The van der Waals surface area contributed by atoms with Gasteiger partial charge in [-0.05, 0) is 13.5 Å². The molecular weight excluding hydrogens is 208 g/mol. The maximum absolute atomic E-state index is 11.8. The minimum absolute atomic E-state index is 0.294. The quantitative estimate of drug-likeness (QED) is 0.794. The fraction of sp³-hybridized carbons (Fsp3) is 0.909. The lowest BCUT2D eigenvalue weighted by molar-refractivity contribution is -0.130. The maximum atomic E-state index is 11.8. The van der Waals surface area contributed by atoms with E-state index in [1.807, 2.05) is 23.7 Å². The summed E-state index contributed by atoms with van der Waals surface area (Å²) < 4.78 is 0.331. The number of rotatable bonds is 3. The van der Waals surface area contributed by atoms with Crippen molar-refractivity contribution in [3.05, 3.63) is 0 Å². The van der Waals surface area contributed by atoms with Crippen LogP contribution in [-0.4, -0.2) is 48.0 Å². The zero-order chi connectivity index (χ0) is 11.3. The summed E-state index contributed by atoms with van der Waals surface area (Å²) in [4.78, 5) is 13.8. The van der Waals surface area contributed by atoms with Crippen molar-refractivity contribution in [3.63, 3.8) is 0 Å². The van der Waals surface area contributed by atoms with E-state index >= 15 is 0 Å². The van der Waals surface area contributed by atoms with Gasteiger partial charge in [0.15, 0.2) is 0 Å². The lowest BCUT2D eigenvalue weighted by Crippen LogP contribution is -2.35. The van der Waals surface area contributed by atoms with Gasteiger partial charge in [0.25, 0.3) is 0 Å². The van der Waals surface area contributed by atoms with Crippen LogP contribution in [0.3, 0.4) is 0 Å². The minimum Gasteiger partial charge on any atom is -0.342 e. The van der Waals surface area contributed by atoms with Crippen LogP contribution >= 0.6 is 11.8 Å². The summed E-state index contributed by atoms with van der Waals surface area (Å²) in [5, 5.41) is 3.02. The van der Waals surface area contributed by atoms with Gasteiger partial charge in [-0.2, -0.15) is 11.8 Å². The maximum Gasteiger partial charge on any atom is 0.223 e. The van der Waals surface area contributed by atoms with Gasteiger partial charge in [-0.25, -0.2) is 0 Å². The van der Waals surface area contributed by atoms with Gasteiger partial charge in [0.1, 0.15) is 0 Å². The molecule has 1 heterocycles. The summed E-state index contributed by atoms with van der Waals surface area (Å²) in [5.74, 6) is 1.36. The summed E-state index contributed by atoms with van der Waals surface area (Å²) in [6.45, 7) is 7.14. The number of nitrogens with zero attached hydrogens (tertiary/aromatic N) is 1. The predicted octanol–water partition coefficient (Wildman–Crippen LogP) is 1.34. The van der Waals surface area contributed by atoms with Crippen LogP contribution in [0.5, 0.6) is 0 Å². The summed E-state index contributed by atoms with van der Waals surface area (Å²) in [6.07, 6.45) is 1.73. The molecule has 1 fully saturated rings. The number of amides is 1. The summed E-state index contributed by atoms with van der Waals surface area (Å²) in [7, 11) is 1.88. The number of thioether (sulfide) groups is 1. The number of carbonyl (C=O) groups excluding carboxylic acids is 1. The highest BCUT2D eigenvalue weighted by Crippen LogP contribution is 2.30. The molecule has 1 amide bonds. The lowest BCUT2D eigenvalue weighted by atomic mass is 10.1. The Labute approximate surface area is 97.0 Å². The first-order chi connectivity index (χ1) is 7.05. The molecule has 1 saturated heterocycles. The van der Waals surface area contributed by atoms with Crippen molar-refractivity contribution >= 4 is 17.7 Å². The third-order valence-corrected chi connectivity index (χ3v) is 4.15. The first kappa shape index (κ1) is 12.8. The second-order valence-corrected chi connectivity index (χ2v) is 6.39. The summed E-state index contributed by atoms with van der Waals surface area (Å²) in [5.41, 5.74) is 0. The van der Waals surface area contributed by atoms with Crippen molar-refractivity contribution in [2.24, 2.45) is 0 Å². The lowest BCUT2D eigenvalue weighted by Gasteiger charge is -2.22. The highest BCUT2D eigenvalue weighted by atomic mass is 32.2. The van der Waals surface area contributed by atoms with Gasteiger partial charge in [-0.15, -0.1) is 0 Å². The van der Waals surface area contributed by atoms with Crippen LogP contribution in [-0.2, 0) is 4.79 Å². The molecule has 0 saturated carbocycles. The zero-order valence-corrected chi connectivity index (χ0v) is 10.8. The predicted molar refractivity (Wildman–Crippen MR) is 66.3 cm³/mol. The third-order valence-electron chi connectivity index (χ3n) is 2.78. The molecule has 0 unspecified atom stereocenters.